The van der Waals surface area contributed by atoms with Crippen molar-refractivity contribution >= 4 is 29.3 Å². The highest BCUT2D eigenvalue weighted by molar-refractivity contribution is 7.99. The number of nitrogen functional groups attached to an aromatic ring is 1. The largest absolute Gasteiger partial charge is 0.368 e. The van der Waals surface area contributed by atoms with Crippen LogP contribution in [0.1, 0.15) is 6.42 Å². The van der Waals surface area contributed by atoms with Crippen LogP contribution in [0.15, 0.2) is 29.4 Å². The molecule has 1 heterocycles. The third kappa shape index (κ3) is 4.20. The lowest BCUT2D eigenvalue weighted by Gasteiger charge is -2.21. The lowest BCUT2D eigenvalue weighted by Crippen LogP contribution is -2.33. The van der Waals surface area contributed by atoms with E-state index >= 15 is 0 Å². The number of carbonyl (C=O) groups is 1. The molecule has 0 saturated heterocycles. The van der Waals surface area contributed by atoms with E-state index in [1.54, 1.807) is 0 Å². The van der Waals surface area contributed by atoms with Crippen LogP contribution in [0.5, 0.6) is 0 Å². The van der Waals surface area contributed by atoms with Crippen LogP contribution in [0.2, 0.25) is 0 Å². The van der Waals surface area contributed by atoms with Gasteiger partial charge >= 0.3 is 0 Å². The lowest BCUT2D eigenvalue weighted by atomic mass is 10.2. The van der Waals surface area contributed by atoms with Gasteiger partial charge < -0.3 is 10.6 Å². The van der Waals surface area contributed by atoms with Crippen LogP contribution in [0.25, 0.3) is 0 Å². The van der Waals surface area contributed by atoms with Crippen molar-refractivity contribution in [1.29, 1.82) is 5.26 Å². The number of anilines is 2. The summed E-state index contributed by atoms with van der Waals surface area (Å²) in [7, 11) is 0. The minimum absolute atomic E-state index is 0.0834. The van der Waals surface area contributed by atoms with Crippen molar-refractivity contribution in [2.24, 2.45) is 0 Å². The molecule has 1 amide bonds. The number of nitrogens with two attached hydrogens (primary N) is 1. The van der Waals surface area contributed by atoms with Crippen LogP contribution < -0.4 is 10.6 Å². The summed E-state index contributed by atoms with van der Waals surface area (Å²) < 4.78 is 13.0. The van der Waals surface area contributed by atoms with Gasteiger partial charge in [0, 0.05) is 12.2 Å². The summed E-state index contributed by atoms with van der Waals surface area (Å²) in [5.41, 5.74) is 5.94. The molecule has 9 heteroatoms. The number of aromatic nitrogens is 3. The number of nitrogens with zero attached hydrogens (tertiary/aromatic N) is 4. The topological polar surface area (TPSA) is 112 Å². The molecule has 1 aromatic heterocycles. The fraction of sp³-hybridized carbons (Fsp3) is 0.231. The number of hydrogen-bond donors (Lipinski definition) is 2. The van der Waals surface area contributed by atoms with Crippen LogP contribution in [0.3, 0.4) is 0 Å². The number of rotatable bonds is 6. The van der Waals surface area contributed by atoms with Gasteiger partial charge in [-0.2, -0.15) is 10.2 Å². The van der Waals surface area contributed by atoms with Crippen molar-refractivity contribution in [3.8, 4) is 6.07 Å². The van der Waals surface area contributed by atoms with Gasteiger partial charge in [0.05, 0.1) is 18.2 Å². The quantitative estimate of drug-likeness (QED) is 0.781. The minimum atomic E-state index is -0.387. The Morgan fingerprint density at radius 1 is 1.45 bits per heavy atom. The van der Waals surface area contributed by atoms with E-state index in [2.05, 4.69) is 15.2 Å². The molecule has 0 spiro atoms. The standard InChI is InChI=1S/C13H13FN6OS/c14-9-2-4-10(5-3-9)20(7-1-6-15)11(21)8-22-13-17-12(16)18-19-13/h2-5H,1,7-8H2,(H3,16,17,18,19). The Hall–Kier alpha value is -2.60. The van der Waals surface area contributed by atoms with Crippen molar-refractivity contribution in [1.82, 2.24) is 15.2 Å². The summed E-state index contributed by atoms with van der Waals surface area (Å²) in [6, 6.07) is 7.53. The third-order valence-corrected chi connectivity index (χ3v) is 3.53. The van der Waals surface area contributed by atoms with E-state index in [0.29, 0.717) is 10.8 Å². The second-order valence-corrected chi connectivity index (χ2v) is 5.16. The molecule has 0 radical (unpaired) electrons. The number of hydrogen-bond acceptors (Lipinski definition) is 6. The summed E-state index contributed by atoms with van der Waals surface area (Å²) in [6.07, 6.45) is 0.182. The van der Waals surface area contributed by atoms with Crippen molar-refractivity contribution in [3.05, 3.63) is 30.1 Å². The van der Waals surface area contributed by atoms with Crippen LogP contribution in [-0.4, -0.2) is 33.4 Å². The fourth-order valence-corrected chi connectivity index (χ4v) is 2.39. The Morgan fingerprint density at radius 3 is 2.77 bits per heavy atom. The number of aromatic amines is 1. The first-order chi connectivity index (χ1) is 10.6. The van der Waals surface area contributed by atoms with Crippen LogP contribution in [0, 0.1) is 17.1 Å². The normalized spacial score (nSPS) is 10.2. The summed E-state index contributed by atoms with van der Waals surface area (Å²) in [6.45, 7) is 0.234. The SMILES string of the molecule is N#CCCN(C(=O)CSc1n[nH]c(N)n1)c1ccc(F)cc1. The molecule has 1 aromatic carbocycles. The molecule has 114 valence electrons. The number of benzene rings is 1. The molecule has 0 unspecified atom stereocenters. The van der Waals surface area contributed by atoms with E-state index in [0.717, 1.165) is 11.8 Å². The van der Waals surface area contributed by atoms with Gasteiger partial charge in [0.25, 0.3) is 0 Å². The molecule has 22 heavy (non-hydrogen) atoms. The zero-order chi connectivity index (χ0) is 15.9. The van der Waals surface area contributed by atoms with Gasteiger partial charge in [0.1, 0.15) is 5.82 Å². The lowest BCUT2D eigenvalue weighted by molar-refractivity contribution is -0.116. The summed E-state index contributed by atoms with van der Waals surface area (Å²) >= 11 is 1.13. The van der Waals surface area contributed by atoms with E-state index in [-0.39, 0.29) is 36.4 Å². The molecule has 0 atom stereocenters. The Balaban J connectivity index is 2.05. The highest BCUT2D eigenvalue weighted by Crippen LogP contribution is 2.19. The molecular formula is C13H13FN6OS. The van der Waals surface area contributed by atoms with Crippen molar-refractivity contribution in [3.63, 3.8) is 0 Å². The predicted octanol–water partition coefficient (Wildman–Crippen LogP) is 1.56. The van der Waals surface area contributed by atoms with Gasteiger partial charge in [0.2, 0.25) is 17.0 Å². The number of H-pyrrole nitrogens is 1. The second-order valence-electron chi connectivity index (χ2n) is 4.22. The Morgan fingerprint density at radius 2 is 2.18 bits per heavy atom. The number of nitrogens with one attached hydrogen (secondary N) is 1. The van der Waals surface area contributed by atoms with E-state index in [1.165, 1.54) is 29.2 Å². The third-order valence-electron chi connectivity index (χ3n) is 2.69. The molecule has 0 bridgehead atoms. The van der Waals surface area contributed by atoms with Crippen LogP contribution in [-0.2, 0) is 4.79 Å². The van der Waals surface area contributed by atoms with Crippen LogP contribution in [0.4, 0.5) is 16.0 Å². The van der Waals surface area contributed by atoms with Gasteiger partial charge in [-0.1, -0.05) is 11.8 Å². The first-order valence-electron chi connectivity index (χ1n) is 6.33. The maximum absolute atomic E-state index is 13.0. The summed E-state index contributed by atoms with van der Waals surface area (Å²) in [5.74, 6) is -0.354. The first-order valence-corrected chi connectivity index (χ1v) is 7.32. The Kier molecular flexibility index (Phi) is 5.32. The first kappa shape index (κ1) is 15.8. The minimum Gasteiger partial charge on any atom is -0.368 e. The number of nitriles is 1. The van der Waals surface area contributed by atoms with E-state index in [4.69, 9.17) is 11.0 Å². The molecule has 2 rings (SSSR count). The molecule has 0 aliphatic carbocycles. The van der Waals surface area contributed by atoms with Crippen molar-refractivity contribution in [2.75, 3.05) is 22.9 Å². The smallest absolute Gasteiger partial charge is 0.237 e. The number of amides is 1. The van der Waals surface area contributed by atoms with Crippen molar-refractivity contribution in [2.45, 2.75) is 11.6 Å². The highest BCUT2D eigenvalue weighted by Gasteiger charge is 2.17. The van der Waals surface area contributed by atoms with E-state index in [1.807, 2.05) is 6.07 Å². The molecule has 0 saturated carbocycles. The fourth-order valence-electron chi connectivity index (χ4n) is 1.71. The van der Waals surface area contributed by atoms with Gasteiger partial charge in [-0.25, -0.2) is 9.49 Å². The van der Waals surface area contributed by atoms with Crippen molar-refractivity contribution < 1.29 is 9.18 Å². The van der Waals surface area contributed by atoms with Gasteiger partial charge in [-0.15, -0.1) is 5.10 Å². The molecule has 2 aromatic rings. The zero-order valence-electron chi connectivity index (χ0n) is 11.5. The number of carbonyl (C=O) groups excluding carboxylic acids is 1. The molecule has 0 aliphatic heterocycles. The molecule has 0 fully saturated rings. The van der Waals surface area contributed by atoms with Gasteiger partial charge in [0.15, 0.2) is 0 Å². The molecular weight excluding hydrogens is 307 g/mol. The average molecular weight is 320 g/mol. The van der Waals surface area contributed by atoms with Gasteiger partial charge in [-0.05, 0) is 24.3 Å². The molecule has 0 aliphatic rings. The maximum Gasteiger partial charge on any atom is 0.237 e. The Bertz CT molecular complexity index is 681. The molecule has 3 N–H and O–H groups in total. The average Bonchev–Trinajstić information content (AvgIpc) is 2.93. The Labute approximate surface area is 130 Å². The van der Waals surface area contributed by atoms with E-state index in [9.17, 15) is 9.18 Å². The number of halogens is 1. The molecule has 7 nitrogen and oxygen atoms in total. The maximum atomic E-state index is 13.0. The van der Waals surface area contributed by atoms with Crippen LogP contribution >= 0.6 is 11.8 Å². The second kappa shape index (κ2) is 7.42. The highest BCUT2D eigenvalue weighted by atomic mass is 32.2. The monoisotopic (exact) mass is 320 g/mol. The summed E-state index contributed by atoms with van der Waals surface area (Å²) in [4.78, 5) is 17.6. The zero-order valence-corrected chi connectivity index (χ0v) is 12.3. The van der Waals surface area contributed by atoms with Gasteiger partial charge in [-0.3, -0.25) is 4.79 Å². The summed E-state index contributed by atoms with van der Waals surface area (Å²) in [5, 5.41) is 15.4. The number of thioether (sulfide) groups is 1. The predicted molar refractivity (Wildman–Crippen MR) is 80.5 cm³/mol. The van der Waals surface area contributed by atoms with E-state index < -0.39 is 0 Å².